The Morgan fingerprint density at radius 1 is 1.31 bits per heavy atom. The zero-order chi connectivity index (χ0) is 20.6. The number of amides is 1. The highest BCUT2D eigenvalue weighted by Crippen LogP contribution is 2.28. The molecule has 6 nitrogen and oxygen atoms in total. The van der Waals surface area contributed by atoms with Crippen LogP contribution in [0.2, 0.25) is 0 Å². The first-order valence-corrected chi connectivity index (χ1v) is 10.2. The molecule has 6 heteroatoms. The maximum atomic E-state index is 13.4. The Morgan fingerprint density at radius 2 is 2.03 bits per heavy atom. The van der Waals surface area contributed by atoms with E-state index in [9.17, 15) is 4.79 Å². The normalized spacial score (nSPS) is 16.0. The zero-order valence-corrected chi connectivity index (χ0v) is 17.1. The number of piperidine rings is 1. The Labute approximate surface area is 172 Å². The van der Waals surface area contributed by atoms with Crippen LogP contribution in [-0.2, 0) is 0 Å². The first-order valence-electron chi connectivity index (χ1n) is 10.2. The number of carbonyl (C=O) groups excluding carboxylic acids is 1. The smallest absolute Gasteiger partial charge is 0.260 e. The van der Waals surface area contributed by atoms with Crippen molar-refractivity contribution in [2.45, 2.75) is 45.2 Å². The minimum Gasteiger partial charge on any atom is -0.494 e. The van der Waals surface area contributed by atoms with Gasteiger partial charge in [0.05, 0.1) is 24.7 Å². The van der Waals surface area contributed by atoms with E-state index < -0.39 is 0 Å². The maximum absolute atomic E-state index is 13.4. The van der Waals surface area contributed by atoms with Crippen LogP contribution in [-0.4, -0.2) is 47.6 Å². The van der Waals surface area contributed by atoms with Gasteiger partial charge in [0.15, 0.2) is 0 Å². The average molecular weight is 393 g/mol. The number of aromatic nitrogens is 1. The molecule has 0 unspecified atom stereocenters. The van der Waals surface area contributed by atoms with Crippen molar-refractivity contribution >= 4 is 11.6 Å². The molecule has 2 heterocycles. The van der Waals surface area contributed by atoms with Crippen molar-refractivity contribution in [1.29, 1.82) is 5.26 Å². The first-order chi connectivity index (χ1) is 14.1. The van der Waals surface area contributed by atoms with Gasteiger partial charge in [-0.3, -0.25) is 14.7 Å². The van der Waals surface area contributed by atoms with Gasteiger partial charge in [0.2, 0.25) is 0 Å². The van der Waals surface area contributed by atoms with E-state index >= 15 is 0 Å². The number of anilines is 1. The summed E-state index contributed by atoms with van der Waals surface area (Å²) in [6.07, 6.45) is 5.56. The molecular weight excluding hydrogens is 364 g/mol. The summed E-state index contributed by atoms with van der Waals surface area (Å²) in [5.74, 6) is 0.760. The lowest BCUT2D eigenvalue weighted by Gasteiger charge is -2.40. The van der Waals surface area contributed by atoms with Gasteiger partial charge in [-0.2, -0.15) is 5.26 Å². The van der Waals surface area contributed by atoms with Gasteiger partial charge in [-0.25, -0.2) is 0 Å². The number of pyridine rings is 1. The van der Waals surface area contributed by atoms with Gasteiger partial charge in [-0.05, 0) is 63.1 Å². The Morgan fingerprint density at radius 3 is 2.62 bits per heavy atom. The summed E-state index contributed by atoms with van der Waals surface area (Å²) >= 11 is 0. The molecule has 1 aromatic heterocycles. The Balaban J connectivity index is 1.82. The fraction of sp³-hybridized carbons (Fsp3) is 0.435. The number of nitrogens with zero attached hydrogens (tertiary/aromatic N) is 4. The summed E-state index contributed by atoms with van der Waals surface area (Å²) in [6, 6.07) is 13.9. The summed E-state index contributed by atoms with van der Waals surface area (Å²) in [7, 11) is 0. The number of hydrogen-bond acceptors (Lipinski definition) is 5. The molecule has 1 atom stereocenters. The molecule has 2 aromatic rings. The van der Waals surface area contributed by atoms with Gasteiger partial charge in [-0.1, -0.05) is 0 Å². The third-order valence-corrected chi connectivity index (χ3v) is 5.43. The molecule has 1 aromatic carbocycles. The van der Waals surface area contributed by atoms with E-state index in [0.29, 0.717) is 18.6 Å². The second kappa shape index (κ2) is 10.0. The lowest BCUT2D eigenvalue weighted by Crippen LogP contribution is -2.49. The number of benzene rings is 1. The Kier molecular flexibility index (Phi) is 7.20. The van der Waals surface area contributed by atoms with Gasteiger partial charge in [0.1, 0.15) is 5.75 Å². The van der Waals surface area contributed by atoms with Crippen LogP contribution in [0.25, 0.3) is 0 Å². The summed E-state index contributed by atoms with van der Waals surface area (Å²) in [4.78, 5) is 21.7. The number of ether oxygens (including phenoxy) is 1. The number of rotatable bonds is 7. The van der Waals surface area contributed by atoms with Gasteiger partial charge in [-0.15, -0.1) is 0 Å². The Hall–Kier alpha value is -2.91. The first kappa shape index (κ1) is 20.8. The van der Waals surface area contributed by atoms with E-state index in [1.807, 2.05) is 36.1 Å². The van der Waals surface area contributed by atoms with Crippen molar-refractivity contribution < 1.29 is 9.53 Å². The van der Waals surface area contributed by atoms with Crippen LogP contribution in [0.4, 0.5) is 5.69 Å². The molecule has 29 heavy (non-hydrogen) atoms. The number of nitriles is 1. The molecule has 0 radical (unpaired) electrons. The van der Waals surface area contributed by atoms with Crippen LogP contribution in [0, 0.1) is 11.3 Å². The minimum absolute atomic E-state index is 0.0363. The van der Waals surface area contributed by atoms with Crippen LogP contribution in [0.5, 0.6) is 5.75 Å². The van der Waals surface area contributed by atoms with Crippen LogP contribution in [0.1, 0.15) is 43.5 Å². The molecule has 1 aliphatic heterocycles. The molecule has 152 valence electrons. The molecule has 1 amide bonds. The largest absolute Gasteiger partial charge is 0.494 e. The second-order valence-corrected chi connectivity index (χ2v) is 7.32. The minimum atomic E-state index is -0.0363. The topological polar surface area (TPSA) is 69.5 Å². The van der Waals surface area contributed by atoms with E-state index in [-0.39, 0.29) is 18.0 Å². The van der Waals surface area contributed by atoms with Gasteiger partial charge >= 0.3 is 0 Å². The highest BCUT2D eigenvalue weighted by Gasteiger charge is 2.31. The van der Waals surface area contributed by atoms with Gasteiger partial charge in [0, 0.05) is 43.3 Å². The second-order valence-electron chi connectivity index (χ2n) is 7.32. The molecule has 1 saturated heterocycles. The Bertz CT molecular complexity index is 824. The lowest BCUT2D eigenvalue weighted by molar-refractivity contribution is 0.0950. The fourth-order valence-electron chi connectivity index (χ4n) is 3.84. The van der Waals surface area contributed by atoms with E-state index in [4.69, 9.17) is 10.00 Å². The molecule has 0 saturated carbocycles. The number of hydrogen-bond donors (Lipinski definition) is 0. The van der Waals surface area contributed by atoms with Crippen molar-refractivity contribution in [3.63, 3.8) is 0 Å². The number of carbonyl (C=O) groups is 1. The summed E-state index contributed by atoms with van der Waals surface area (Å²) in [6.45, 7) is 6.40. The fourth-order valence-corrected chi connectivity index (χ4v) is 3.84. The highest BCUT2D eigenvalue weighted by molar-refractivity contribution is 6.06. The van der Waals surface area contributed by atoms with Crippen LogP contribution in [0.15, 0.2) is 48.8 Å². The SMILES string of the molecule is CCOc1ccc(N(C(=O)c2cccnc2)C2CCN([C@H](C)CC#N)CC2)cc1. The predicted molar refractivity (Wildman–Crippen MR) is 113 cm³/mol. The monoisotopic (exact) mass is 392 g/mol. The molecule has 0 spiro atoms. The molecule has 1 fully saturated rings. The van der Waals surface area contributed by atoms with E-state index in [0.717, 1.165) is 37.4 Å². The van der Waals surface area contributed by atoms with Crippen LogP contribution in [0.3, 0.4) is 0 Å². The third kappa shape index (κ3) is 5.12. The summed E-state index contributed by atoms with van der Waals surface area (Å²) in [5.41, 5.74) is 1.45. The van der Waals surface area contributed by atoms with Crippen LogP contribution >= 0.6 is 0 Å². The van der Waals surface area contributed by atoms with Gasteiger partial charge in [0.25, 0.3) is 5.91 Å². The molecule has 3 rings (SSSR count). The van der Waals surface area contributed by atoms with Crippen molar-refractivity contribution in [1.82, 2.24) is 9.88 Å². The quantitative estimate of drug-likeness (QED) is 0.715. The third-order valence-electron chi connectivity index (χ3n) is 5.43. The summed E-state index contributed by atoms with van der Waals surface area (Å²) in [5, 5.41) is 8.97. The predicted octanol–water partition coefficient (Wildman–Crippen LogP) is 3.89. The summed E-state index contributed by atoms with van der Waals surface area (Å²) < 4.78 is 5.55. The van der Waals surface area contributed by atoms with Crippen molar-refractivity contribution in [2.24, 2.45) is 0 Å². The van der Waals surface area contributed by atoms with Gasteiger partial charge < -0.3 is 9.64 Å². The van der Waals surface area contributed by atoms with E-state index in [1.165, 1.54) is 0 Å². The molecule has 0 aliphatic carbocycles. The standard InChI is InChI=1S/C23H28N4O2/c1-3-29-22-8-6-20(7-9-22)27(23(28)19-5-4-14-25-17-19)21-11-15-26(16-12-21)18(2)10-13-24/h4-9,14,17-18,21H,3,10-12,15-16H2,1-2H3/t18-/m1/s1. The van der Waals surface area contributed by atoms with Crippen molar-refractivity contribution in [3.8, 4) is 11.8 Å². The highest BCUT2D eigenvalue weighted by atomic mass is 16.5. The van der Waals surface area contributed by atoms with E-state index in [2.05, 4.69) is 22.9 Å². The zero-order valence-electron chi connectivity index (χ0n) is 17.1. The van der Waals surface area contributed by atoms with Crippen molar-refractivity contribution in [3.05, 3.63) is 54.4 Å². The molecular formula is C23H28N4O2. The number of likely N-dealkylation sites (tertiary alicyclic amines) is 1. The van der Waals surface area contributed by atoms with Crippen molar-refractivity contribution in [2.75, 3.05) is 24.6 Å². The molecule has 1 aliphatic rings. The average Bonchev–Trinajstić information content (AvgIpc) is 2.76. The lowest BCUT2D eigenvalue weighted by atomic mass is 9.99. The van der Waals surface area contributed by atoms with E-state index in [1.54, 1.807) is 24.5 Å². The molecule has 0 N–H and O–H groups in total. The maximum Gasteiger partial charge on any atom is 0.260 e. The molecule has 0 bridgehead atoms. The van der Waals surface area contributed by atoms with Crippen LogP contribution < -0.4 is 9.64 Å².